The van der Waals surface area contributed by atoms with Gasteiger partial charge in [0.25, 0.3) is 0 Å². The van der Waals surface area contributed by atoms with Crippen LogP contribution in [-0.2, 0) is 6.54 Å². The van der Waals surface area contributed by atoms with Crippen LogP contribution in [0.1, 0.15) is 5.56 Å². The van der Waals surface area contributed by atoms with Gasteiger partial charge in [-0.3, -0.25) is 5.41 Å². The molecule has 0 spiro atoms. The van der Waals surface area contributed by atoms with Crippen molar-refractivity contribution in [1.29, 1.82) is 5.41 Å². The molecule has 0 aromatic heterocycles. The van der Waals surface area contributed by atoms with Crippen LogP contribution in [0.2, 0.25) is 0 Å². The van der Waals surface area contributed by atoms with Gasteiger partial charge < -0.3 is 10.6 Å². The third kappa shape index (κ3) is 2.69. The van der Waals surface area contributed by atoms with Gasteiger partial charge in [0.15, 0.2) is 5.96 Å². The van der Waals surface area contributed by atoms with E-state index in [-0.39, 0.29) is 5.96 Å². The Bertz CT molecular complexity index is 534. The molecule has 3 heteroatoms. The van der Waals surface area contributed by atoms with Crippen molar-refractivity contribution in [3.63, 3.8) is 0 Å². The Morgan fingerprint density at radius 3 is 2.33 bits per heavy atom. The van der Waals surface area contributed by atoms with Crippen molar-refractivity contribution >= 4 is 5.96 Å². The molecule has 0 amide bonds. The Balaban J connectivity index is 2.35. The molecule has 0 atom stereocenters. The predicted octanol–water partition coefficient (Wildman–Crippen LogP) is 2.68. The average Bonchev–Trinajstić information content (AvgIpc) is 2.40. The standard InChI is InChI=1S/C15H17N3/c1-18(15(16)17)11-13-9-5-6-10-14(13)12-7-3-2-4-8-12/h2-10H,11H2,1H3,(H3,16,17). The maximum absolute atomic E-state index is 7.43. The van der Waals surface area contributed by atoms with E-state index in [2.05, 4.69) is 24.3 Å². The molecule has 0 aliphatic carbocycles. The number of nitrogens with zero attached hydrogens (tertiary/aromatic N) is 1. The van der Waals surface area contributed by atoms with Crippen molar-refractivity contribution in [1.82, 2.24) is 4.90 Å². The van der Waals surface area contributed by atoms with Gasteiger partial charge >= 0.3 is 0 Å². The van der Waals surface area contributed by atoms with Gasteiger partial charge in [-0.25, -0.2) is 0 Å². The van der Waals surface area contributed by atoms with Gasteiger partial charge in [-0.2, -0.15) is 0 Å². The molecule has 0 unspecified atom stereocenters. The summed E-state index contributed by atoms with van der Waals surface area (Å²) in [5, 5.41) is 7.43. The Kier molecular flexibility index (Phi) is 3.63. The van der Waals surface area contributed by atoms with Gasteiger partial charge in [0, 0.05) is 13.6 Å². The van der Waals surface area contributed by atoms with E-state index in [4.69, 9.17) is 11.1 Å². The number of rotatable bonds is 3. The second kappa shape index (κ2) is 5.36. The second-order valence-electron chi connectivity index (χ2n) is 4.26. The van der Waals surface area contributed by atoms with E-state index in [1.165, 1.54) is 16.7 Å². The minimum atomic E-state index is 0.0814. The molecule has 2 aromatic rings. The van der Waals surface area contributed by atoms with E-state index < -0.39 is 0 Å². The molecule has 0 saturated carbocycles. The molecule has 0 heterocycles. The first-order valence-electron chi connectivity index (χ1n) is 5.87. The largest absolute Gasteiger partial charge is 0.370 e. The lowest BCUT2D eigenvalue weighted by atomic mass is 9.99. The van der Waals surface area contributed by atoms with Crippen LogP contribution in [0.15, 0.2) is 54.6 Å². The Morgan fingerprint density at radius 2 is 1.67 bits per heavy atom. The molecule has 2 rings (SSSR count). The molecule has 2 aromatic carbocycles. The summed E-state index contributed by atoms with van der Waals surface area (Å²) in [6, 6.07) is 18.4. The molecule has 0 bridgehead atoms. The van der Waals surface area contributed by atoms with Crippen molar-refractivity contribution in [2.24, 2.45) is 5.73 Å². The molecule has 3 N–H and O–H groups in total. The van der Waals surface area contributed by atoms with E-state index in [0.717, 1.165) is 0 Å². The minimum absolute atomic E-state index is 0.0814. The van der Waals surface area contributed by atoms with E-state index >= 15 is 0 Å². The first-order chi connectivity index (χ1) is 8.68. The smallest absolute Gasteiger partial charge is 0.188 e. The quantitative estimate of drug-likeness (QED) is 0.639. The van der Waals surface area contributed by atoms with Gasteiger partial charge in [0.2, 0.25) is 0 Å². The summed E-state index contributed by atoms with van der Waals surface area (Å²) < 4.78 is 0. The molecule has 0 saturated heterocycles. The predicted molar refractivity (Wildman–Crippen MR) is 75.3 cm³/mol. The zero-order valence-corrected chi connectivity index (χ0v) is 10.4. The summed E-state index contributed by atoms with van der Waals surface area (Å²) >= 11 is 0. The number of hydrogen-bond donors (Lipinski definition) is 2. The van der Waals surface area contributed by atoms with Crippen molar-refractivity contribution in [2.45, 2.75) is 6.54 Å². The van der Waals surface area contributed by atoms with Crippen LogP contribution in [0.5, 0.6) is 0 Å². The lowest BCUT2D eigenvalue weighted by Gasteiger charge is -2.19. The van der Waals surface area contributed by atoms with Gasteiger partial charge in [-0.1, -0.05) is 54.6 Å². The van der Waals surface area contributed by atoms with E-state index in [1.54, 1.807) is 4.90 Å². The third-order valence-corrected chi connectivity index (χ3v) is 2.92. The fourth-order valence-electron chi connectivity index (χ4n) is 1.90. The fraction of sp³-hybridized carbons (Fsp3) is 0.133. The molecule has 18 heavy (non-hydrogen) atoms. The van der Waals surface area contributed by atoms with Crippen LogP contribution in [0.3, 0.4) is 0 Å². The van der Waals surface area contributed by atoms with Crippen LogP contribution in [-0.4, -0.2) is 17.9 Å². The van der Waals surface area contributed by atoms with Crippen molar-refractivity contribution < 1.29 is 0 Å². The summed E-state index contributed by atoms with van der Waals surface area (Å²) in [6.07, 6.45) is 0. The normalized spacial score (nSPS) is 10.1. The Hall–Kier alpha value is -2.29. The maximum atomic E-state index is 7.43. The zero-order valence-electron chi connectivity index (χ0n) is 10.4. The summed E-state index contributed by atoms with van der Waals surface area (Å²) in [5.41, 5.74) is 9.02. The van der Waals surface area contributed by atoms with E-state index in [1.807, 2.05) is 37.4 Å². The Morgan fingerprint density at radius 1 is 1.06 bits per heavy atom. The topological polar surface area (TPSA) is 53.1 Å². The molecular formula is C15H17N3. The van der Waals surface area contributed by atoms with Crippen LogP contribution >= 0.6 is 0 Å². The maximum Gasteiger partial charge on any atom is 0.188 e. The number of hydrogen-bond acceptors (Lipinski definition) is 1. The highest BCUT2D eigenvalue weighted by molar-refractivity contribution is 5.75. The van der Waals surface area contributed by atoms with Crippen molar-refractivity contribution in [2.75, 3.05) is 7.05 Å². The first kappa shape index (κ1) is 12.2. The highest BCUT2D eigenvalue weighted by atomic mass is 15.2. The van der Waals surface area contributed by atoms with Crippen LogP contribution in [0.4, 0.5) is 0 Å². The van der Waals surface area contributed by atoms with Crippen molar-refractivity contribution in [3.8, 4) is 11.1 Å². The van der Waals surface area contributed by atoms with Gasteiger partial charge in [0.1, 0.15) is 0 Å². The molecule has 0 aliphatic heterocycles. The van der Waals surface area contributed by atoms with Crippen molar-refractivity contribution in [3.05, 3.63) is 60.2 Å². The van der Waals surface area contributed by atoms with E-state index in [0.29, 0.717) is 6.54 Å². The average molecular weight is 239 g/mol. The van der Waals surface area contributed by atoms with Crippen LogP contribution in [0.25, 0.3) is 11.1 Å². The SMILES string of the molecule is CN(Cc1ccccc1-c1ccccc1)C(=N)N. The molecule has 92 valence electrons. The summed E-state index contributed by atoms with van der Waals surface area (Å²) in [5.74, 6) is 0.0814. The number of benzene rings is 2. The number of guanidine groups is 1. The summed E-state index contributed by atoms with van der Waals surface area (Å²) in [6.45, 7) is 0.639. The Labute approximate surface area is 107 Å². The lowest BCUT2D eigenvalue weighted by molar-refractivity contribution is 0.492. The molecule has 0 aliphatic rings. The third-order valence-electron chi connectivity index (χ3n) is 2.92. The highest BCUT2D eigenvalue weighted by Crippen LogP contribution is 2.24. The number of nitrogens with two attached hydrogens (primary N) is 1. The second-order valence-corrected chi connectivity index (χ2v) is 4.26. The van der Waals surface area contributed by atoms with Crippen LogP contribution in [0, 0.1) is 5.41 Å². The van der Waals surface area contributed by atoms with Gasteiger partial charge in [-0.05, 0) is 16.7 Å². The monoisotopic (exact) mass is 239 g/mol. The molecule has 0 fully saturated rings. The minimum Gasteiger partial charge on any atom is -0.370 e. The van der Waals surface area contributed by atoms with E-state index in [9.17, 15) is 0 Å². The molecule has 0 radical (unpaired) electrons. The van der Waals surface area contributed by atoms with Gasteiger partial charge in [0.05, 0.1) is 0 Å². The van der Waals surface area contributed by atoms with Gasteiger partial charge in [-0.15, -0.1) is 0 Å². The lowest BCUT2D eigenvalue weighted by Crippen LogP contribution is -2.32. The molecular weight excluding hydrogens is 222 g/mol. The summed E-state index contributed by atoms with van der Waals surface area (Å²) in [4.78, 5) is 1.72. The molecule has 3 nitrogen and oxygen atoms in total. The van der Waals surface area contributed by atoms with Crippen LogP contribution < -0.4 is 5.73 Å². The first-order valence-corrected chi connectivity index (χ1v) is 5.87. The zero-order chi connectivity index (χ0) is 13.0. The highest BCUT2D eigenvalue weighted by Gasteiger charge is 2.07. The summed E-state index contributed by atoms with van der Waals surface area (Å²) in [7, 11) is 1.82. The fourth-order valence-corrected chi connectivity index (χ4v) is 1.90. The number of nitrogens with one attached hydrogen (secondary N) is 1.